The van der Waals surface area contributed by atoms with Crippen LogP contribution in [0.3, 0.4) is 0 Å². The molecule has 0 radical (unpaired) electrons. The van der Waals surface area contributed by atoms with E-state index >= 15 is 0 Å². The van der Waals surface area contributed by atoms with Gasteiger partial charge in [-0.15, -0.1) is 23.7 Å². The summed E-state index contributed by atoms with van der Waals surface area (Å²) in [5, 5.41) is 2.99. The van der Waals surface area contributed by atoms with Gasteiger partial charge in [0.1, 0.15) is 0 Å². The van der Waals surface area contributed by atoms with Crippen molar-refractivity contribution in [2.75, 3.05) is 12.3 Å². The van der Waals surface area contributed by atoms with Gasteiger partial charge >= 0.3 is 0 Å². The first-order valence-electron chi connectivity index (χ1n) is 7.06. The number of hydrogen-bond acceptors (Lipinski definition) is 5. The lowest BCUT2D eigenvalue weighted by molar-refractivity contribution is -0.119. The molecule has 1 atom stereocenters. The van der Waals surface area contributed by atoms with E-state index in [1.54, 1.807) is 11.3 Å². The van der Waals surface area contributed by atoms with E-state index in [0.29, 0.717) is 18.2 Å². The van der Waals surface area contributed by atoms with E-state index in [4.69, 9.17) is 5.73 Å². The van der Waals surface area contributed by atoms with E-state index in [0.717, 1.165) is 21.0 Å². The minimum atomic E-state index is 0. The van der Waals surface area contributed by atoms with Gasteiger partial charge < -0.3 is 11.1 Å². The van der Waals surface area contributed by atoms with Crippen LogP contribution in [0.4, 0.5) is 0 Å². The van der Waals surface area contributed by atoms with Crippen molar-refractivity contribution in [3.05, 3.63) is 24.3 Å². The van der Waals surface area contributed by atoms with Crippen molar-refractivity contribution in [1.29, 1.82) is 0 Å². The molecule has 2 rings (SSSR count). The number of carbonyl (C=O) groups is 1. The molecule has 1 aromatic carbocycles. The molecule has 0 aliphatic heterocycles. The fourth-order valence-electron chi connectivity index (χ4n) is 2.09. The van der Waals surface area contributed by atoms with Crippen molar-refractivity contribution < 1.29 is 4.79 Å². The smallest absolute Gasteiger partial charge is 0.230 e. The highest BCUT2D eigenvalue weighted by Gasteiger charge is 2.13. The number of thioether (sulfide) groups is 1. The Kier molecular flexibility index (Phi) is 8.17. The zero-order chi connectivity index (χ0) is 15.2. The number of thiazole rings is 1. The lowest BCUT2D eigenvalue weighted by atomic mass is 10.0. The van der Waals surface area contributed by atoms with Crippen LogP contribution >= 0.6 is 35.5 Å². The number of nitrogens with two attached hydrogens (primary N) is 1. The molecule has 0 bridgehead atoms. The summed E-state index contributed by atoms with van der Waals surface area (Å²) in [6.07, 6.45) is 0.911. The Balaban J connectivity index is 0.00000242. The number of hydrogen-bond donors (Lipinski definition) is 2. The third-order valence-electron chi connectivity index (χ3n) is 3.01. The standard InChI is InChI=1S/C15H21N3OS2.ClH/c1-10(2)7-11(8-16)17-14(19)9-20-15-18-12-5-3-4-6-13(12)21-15;/h3-6,10-11H,7-9,16H2,1-2H3,(H,17,19);1H. The largest absolute Gasteiger partial charge is 0.351 e. The fourth-order valence-corrected chi connectivity index (χ4v) is 3.97. The Morgan fingerprint density at radius 2 is 2.14 bits per heavy atom. The van der Waals surface area contributed by atoms with E-state index in [-0.39, 0.29) is 24.4 Å². The van der Waals surface area contributed by atoms with Crippen molar-refractivity contribution in [2.45, 2.75) is 30.6 Å². The Bertz CT molecular complexity index is 570. The van der Waals surface area contributed by atoms with Crippen LogP contribution in [0, 0.1) is 5.92 Å². The average Bonchev–Trinajstić information content (AvgIpc) is 2.86. The van der Waals surface area contributed by atoms with Gasteiger partial charge in [0.15, 0.2) is 4.34 Å². The van der Waals surface area contributed by atoms with Crippen molar-refractivity contribution in [2.24, 2.45) is 11.7 Å². The van der Waals surface area contributed by atoms with Crippen LogP contribution in [-0.4, -0.2) is 29.2 Å². The normalized spacial score (nSPS) is 12.2. The number of carbonyl (C=O) groups excluding carboxylic acids is 1. The highest BCUT2D eigenvalue weighted by Crippen LogP contribution is 2.29. The summed E-state index contributed by atoms with van der Waals surface area (Å²) in [7, 11) is 0. The van der Waals surface area contributed by atoms with Crippen molar-refractivity contribution in [3.63, 3.8) is 0 Å². The van der Waals surface area contributed by atoms with Gasteiger partial charge in [-0.25, -0.2) is 4.98 Å². The molecule has 4 nitrogen and oxygen atoms in total. The van der Waals surface area contributed by atoms with Crippen LogP contribution in [0.1, 0.15) is 20.3 Å². The Hall–Kier alpha value is -0.820. The third kappa shape index (κ3) is 5.76. The molecular formula is C15H22ClN3OS2. The van der Waals surface area contributed by atoms with E-state index in [9.17, 15) is 4.79 Å². The fraction of sp³-hybridized carbons (Fsp3) is 0.467. The molecule has 1 unspecified atom stereocenters. The summed E-state index contributed by atoms with van der Waals surface area (Å²) >= 11 is 3.10. The molecule has 2 aromatic rings. The second-order valence-electron chi connectivity index (χ2n) is 5.37. The number of fused-ring (bicyclic) bond motifs is 1. The monoisotopic (exact) mass is 359 g/mol. The number of benzene rings is 1. The lowest BCUT2D eigenvalue weighted by Gasteiger charge is -2.18. The average molecular weight is 360 g/mol. The van der Waals surface area contributed by atoms with Gasteiger partial charge in [-0.1, -0.05) is 37.7 Å². The van der Waals surface area contributed by atoms with Crippen LogP contribution in [0.25, 0.3) is 10.2 Å². The summed E-state index contributed by atoms with van der Waals surface area (Å²) in [6.45, 7) is 4.74. The zero-order valence-corrected chi connectivity index (χ0v) is 15.2. The van der Waals surface area contributed by atoms with Crippen molar-refractivity contribution in [3.8, 4) is 0 Å². The summed E-state index contributed by atoms with van der Waals surface area (Å²) in [4.78, 5) is 16.5. The molecule has 122 valence electrons. The molecule has 1 amide bonds. The molecular weight excluding hydrogens is 338 g/mol. The molecule has 1 heterocycles. The summed E-state index contributed by atoms with van der Waals surface area (Å²) in [5.74, 6) is 0.931. The van der Waals surface area contributed by atoms with E-state index in [1.807, 2.05) is 24.3 Å². The minimum absolute atomic E-state index is 0. The predicted octanol–water partition coefficient (Wildman–Crippen LogP) is 3.30. The molecule has 0 aliphatic rings. The maximum atomic E-state index is 12.0. The molecule has 0 saturated carbocycles. The van der Waals surface area contributed by atoms with Crippen molar-refractivity contribution in [1.82, 2.24) is 10.3 Å². The van der Waals surface area contributed by atoms with Crippen molar-refractivity contribution >= 4 is 51.6 Å². The number of amides is 1. The second-order valence-corrected chi connectivity index (χ2v) is 7.62. The van der Waals surface area contributed by atoms with Crippen LogP contribution in [0.5, 0.6) is 0 Å². The van der Waals surface area contributed by atoms with Crippen LogP contribution < -0.4 is 11.1 Å². The maximum absolute atomic E-state index is 12.0. The third-order valence-corrected chi connectivity index (χ3v) is 5.19. The maximum Gasteiger partial charge on any atom is 0.230 e. The van der Waals surface area contributed by atoms with Gasteiger partial charge in [0.05, 0.1) is 16.0 Å². The summed E-state index contributed by atoms with van der Waals surface area (Å²) < 4.78 is 2.08. The van der Waals surface area contributed by atoms with Gasteiger partial charge in [0.2, 0.25) is 5.91 Å². The number of rotatable bonds is 7. The lowest BCUT2D eigenvalue weighted by Crippen LogP contribution is -2.41. The summed E-state index contributed by atoms with van der Waals surface area (Å²) in [5.41, 5.74) is 6.69. The number of aromatic nitrogens is 1. The molecule has 1 aromatic heterocycles. The topological polar surface area (TPSA) is 68.0 Å². The Morgan fingerprint density at radius 3 is 2.77 bits per heavy atom. The van der Waals surface area contributed by atoms with Gasteiger partial charge in [0.25, 0.3) is 0 Å². The highest BCUT2D eigenvalue weighted by atomic mass is 35.5. The minimum Gasteiger partial charge on any atom is -0.351 e. The molecule has 3 N–H and O–H groups in total. The van der Waals surface area contributed by atoms with Gasteiger partial charge in [-0.05, 0) is 24.5 Å². The first kappa shape index (κ1) is 19.2. The number of nitrogens with one attached hydrogen (secondary N) is 1. The van der Waals surface area contributed by atoms with Gasteiger partial charge in [-0.3, -0.25) is 4.79 Å². The van der Waals surface area contributed by atoms with E-state index in [2.05, 4.69) is 24.1 Å². The van der Waals surface area contributed by atoms with E-state index in [1.165, 1.54) is 11.8 Å². The number of para-hydroxylation sites is 1. The number of halogens is 1. The van der Waals surface area contributed by atoms with E-state index < -0.39 is 0 Å². The highest BCUT2D eigenvalue weighted by molar-refractivity contribution is 8.01. The molecule has 0 fully saturated rings. The second kappa shape index (κ2) is 9.35. The Morgan fingerprint density at radius 1 is 1.41 bits per heavy atom. The van der Waals surface area contributed by atoms with Crippen LogP contribution in [-0.2, 0) is 4.79 Å². The molecule has 0 aliphatic carbocycles. The molecule has 7 heteroatoms. The summed E-state index contributed by atoms with van der Waals surface area (Å²) in [6, 6.07) is 8.07. The first-order valence-corrected chi connectivity index (χ1v) is 8.86. The quantitative estimate of drug-likeness (QED) is 0.744. The van der Waals surface area contributed by atoms with Gasteiger partial charge in [-0.2, -0.15) is 0 Å². The zero-order valence-electron chi connectivity index (χ0n) is 12.7. The first-order chi connectivity index (χ1) is 10.1. The number of nitrogens with zero attached hydrogens (tertiary/aromatic N) is 1. The van der Waals surface area contributed by atoms with Crippen LogP contribution in [0.2, 0.25) is 0 Å². The van der Waals surface area contributed by atoms with Gasteiger partial charge in [0, 0.05) is 12.6 Å². The van der Waals surface area contributed by atoms with Crippen LogP contribution in [0.15, 0.2) is 28.6 Å². The predicted molar refractivity (Wildman–Crippen MR) is 98.0 cm³/mol. The SMILES string of the molecule is CC(C)CC(CN)NC(=O)CSc1nc2ccccc2s1.Cl. The molecule has 0 spiro atoms. The molecule has 22 heavy (non-hydrogen) atoms. The molecule has 0 saturated heterocycles. The Labute approximate surface area is 145 Å².